The van der Waals surface area contributed by atoms with E-state index in [4.69, 9.17) is 4.74 Å². The van der Waals surface area contributed by atoms with Crippen LogP contribution in [-0.2, 0) is 21.7 Å². The lowest BCUT2D eigenvalue weighted by molar-refractivity contribution is 0.386. The average Bonchev–Trinajstić information content (AvgIpc) is 2.52. The minimum Gasteiger partial charge on any atom is -0.504 e. The fourth-order valence-corrected chi connectivity index (χ4v) is 3.48. The van der Waals surface area contributed by atoms with Crippen molar-refractivity contribution in [3.05, 3.63) is 52.6 Å². The van der Waals surface area contributed by atoms with Gasteiger partial charge >= 0.3 is 0 Å². The third-order valence-electron chi connectivity index (χ3n) is 5.62. The Morgan fingerprint density at radius 1 is 0.533 bits per heavy atom. The molecule has 0 fully saturated rings. The van der Waals surface area contributed by atoms with Gasteiger partial charge in [-0.25, -0.2) is 0 Å². The van der Waals surface area contributed by atoms with Crippen molar-refractivity contribution in [2.75, 3.05) is 0 Å². The molecule has 0 saturated carbocycles. The molecule has 0 unspecified atom stereocenters. The van der Waals surface area contributed by atoms with Crippen LogP contribution in [0, 0.1) is 0 Å². The number of hydrogen-bond acceptors (Lipinski definition) is 2. The van der Waals surface area contributed by atoms with Crippen LogP contribution in [0.5, 0.6) is 17.2 Å². The second-order valence-corrected chi connectivity index (χ2v) is 12.7. The Labute approximate surface area is 184 Å². The molecule has 0 saturated heterocycles. The molecule has 30 heavy (non-hydrogen) atoms. The number of phenolic OH excluding ortho intramolecular Hbond substituents is 1. The number of aromatic hydroxyl groups is 1. The second-order valence-electron chi connectivity index (χ2n) is 12.7. The zero-order chi connectivity index (χ0) is 23.3. The smallest absolute Gasteiger partial charge is 0.169 e. The highest BCUT2D eigenvalue weighted by Gasteiger charge is 2.28. The van der Waals surface area contributed by atoms with Crippen LogP contribution in [0.2, 0.25) is 0 Å². The molecule has 0 atom stereocenters. The monoisotopic (exact) mass is 410 g/mol. The highest BCUT2D eigenvalue weighted by molar-refractivity contribution is 5.55. The minimum atomic E-state index is -0.188. The van der Waals surface area contributed by atoms with Crippen molar-refractivity contribution in [3.8, 4) is 17.2 Å². The van der Waals surface area contributed by atoms with Crippen LogP contribution >= 0.6 is 0 Å². The first-order valence-corrected chi connectivity index (χ1v) is 11.0. The maximum absolute atomic E-state index is 11.1. The second kappa shape index (κ2) is 7.62. The third kappa shape index (κ3) is 5.39. The van der Waals surface area contributed by atoms with Crippen LogP contribution in [-0.4, -0.2) is 5.11 Å². The van der Waals surface area contributed by atoms with Gasteiger partial charge in [0.1, 0.15) is 5.75 Å². The van der Waals surface area contributed by atoms with E-state index in [1.165, 1.54) is 5.56 Å². The van der Waals surface area contributed by atoms with E-state index in [0.717, 1.165) is 22.4 Å². The molecular formula is C28H42O2. The Bertz CT molecular complexity index is 908. The molecule has 2 rings (SSSR count). The lowest BCUT2D eigenvalue weighted by Gasteiger charge is -2.29. The van der Waals surface area contributed by atoms with Gasteiger partial charge in [0, 0.05) is 11.1 Å². The van der Waals surface area contributed by atoms with Crippen molar-refractivity contribution in [1.82, 2.24) is 0 Å². The number of phenols is 1. The standard InChI is InChI=1S/C28H42O2/c1-25(2,3)18-13-14-22(20(15-18)27(7,8)9)30-23-17-19(26(4,5)6)16-21(24(23)29)28(10,11)12/h13-17,29H,1-12H3. The van der Waals surface area contributed by atoms with Gasteiger partial charge in [0.05, 0.1) is 0 Å². The van der Waals surface area contributed by atoms with E-state index in [1.807, 2.05) is 6.07 Å². The van der Waals surface area contributed by atoms with Crippen molar-refractivity contribution < 1.29 is 9.84 Å². The molecule has 1 N–H and O–H groups in total. The van der Waals surface area contributed by atoms with Gasteiger partial charge in [-0.15, -0.1) is 0 Å². The minimum absolute atomic E-state index is 0.0469. The molecule has 2 nitrogen and oxygen atoms in total. The predicted octanol–water partition coefficient (Wildman–Crippen LogP) is 8.37. The SMILES string of the molecule is CC(C)(C)c1ccc(Oc2cc(C(C)(C)C)cc(C(C)(C)C)c2O)c(C(C)(C)C)c1. The normalized spacial score (nSPS) is 13.5. The van der Waals surface area contributed by atoms with Crippen LogP contribution in [0.15, 0.2) is 30.3 Å². The molecule has 0 bridgehead atoms. The molecule has 2 heteroatoms. The fourth-order valence-electron chi connectivity index (χ4n) is 3.48. The summed E-state index contributed by atoms with van der Waals surface area (Å²) in [5, 5.41) is 11.1. The van der Waals surface area contributed by atoms with Crippen LogP contribution in [0.25, 0.3) is 0 Å². The molecule has 2 aromatic rings. The summed E-state index contributed by atoms with van der Waals surface area (Å²) >= 11 is 0. The molecule has 2 aromatic carbocycles. The summed E-state index contributed by atoms with van der Waals surface area (Å²) in [6.07, 6.45) is 0. The average molecular weight is 411 g/mol. The highest BCUT2D eigenvalue weighted by Crippen LogP contribution is 2.45. The van der Waals surface area contributed by atoms with E-state index in [9.17, 15) is 5.11 Å². The molecule has 0 spiro atoms. The first-order chi connectivity index (χ1) is 13.3. The first kappa shape index (κ1) is 24.3. The summed E-state index contributed by atoms with van der Waals surface area (Å²) in [4.78, 5) is 0. The molecule has 0 amide bonds. The molecule has 0 aliphatic carbocycles. The van der Waals surface area contributed by atoms with Crippen molar-refractivity contribution in [1.29, 1.82) is 0 Å². The maximum atomic E-state index is 11.1. The molecule has 0 radical (unpaired) electrons. The largest absolute Gasteiger partial charge is 0.504 e. The summed E-state index contributed by atoms with van der Waals surface area (Å²) in [6, 6.07) is 10.6. The zero-order valence-corrected chi connectivity index (χ0v) is 21.2. The number of ether oxygens (including phenoxy) is 1. The van der Waals surface area contributed by atoms with Gasteiger partial charge in [0.15, 0.2) is 11.5 Å². The molecule has 166 valence electrons. The van der Waals surface area contributed by atoms with Crippen LogP contribution in [0.3, 0.4) is 0 Å². The van der Waals surface area contributed by atoms with Gasteiger partial charge in [0.2, 0.25) is 0 Å². The predicted molar refractivity (Wildman–Crippen MR) is 129 cm³/mol. The van der Waals surface area contributed by atoms with Gasteiger partial charge in [-0.05, 0) is 44.9 Å². The molecule has 0 aliphatic rings. The lowest BCUT2D eigenvalue weighted by atomic mass is 9.79. The molecule has 0 heterocycles. The van der Waals surface area contributed by atoms with E-state index in [2.05, 4.69) is 107 Å². The Hall–Kier alpha value is -1.96. The fraction of sp³-hybridized carbons (Fsp3) is 0.571. The highest BCUT2D eigenvalue weighted by atomic mass is 16.5. The summed E-state index contributed by atoms with van der Waals surface area (Å²) in [5.41, 5.74) is 4.24. The van der Waals surface area contributed by atoms with E-state index in [-0.39, 0.29) is 27.4 Å². The Morgan fingerprint density at radius 2 is 1.00 bits per heavy atom. The van der Waals surface area contributed by atoms with Crippen LogP contribution < -0.4 is 4.74 Å². The summed E-state index contributed by atoms with van der Waals surface area (Å²) in [6.45, 7) is 26.2. The van der Waals surface area contributed by atoms with Gasteiger partial charge in [-0.1, -0.05) is 101 Å². The Balaban J connectivity index is 2.70. The quantitative estimate of drug-likeness (QED) is 0.539. The van der Waals surface area contributed by atoms with E-state index in [1.54, 1.807) is 0 Å². The lowest BCUT2D eigenvalue weighted by Crippen LogP contribution is -2.18. The van der Waals surface area contributed by atoms with Crippen LogP contribution in [0.4, 0.5) is 0 Å². The van der Waals surface area contributed by atoms with Crippen molar-refractivity contribution in [2.24, 2.45) is 0 Å². The summed E-state index contributed by atoms with van der Waals surface area (Å²) in [7, 11) is 0. The van der Waals surface area contributed by atoms with Gasteiger partial charge < -0.3 is 9.84 Å². The number of rotatable bonds is 2. The topological polar surface area (TPSA) is 29.5 Å². The number of benzene rings is 2. The molecule has 0 aliphatic heterocycles. The Morgan fingerprint density at radius 3 is 1.43 bits per heavy atom. The van der Waals surface area contributed by atoms with E-state index in [0.29, 0.717) is 5.75 Å². The first-order valence-electron chi connectivity index (χ1n) is 11.0. The van der Waals surface area contributed by atoms with Gasteiger partial charge in [-0.3, -0.25) is 0 Å². The van der Waals surface area contributed by atoms with Crippen molar-refractivity contribution >= 4 is 0 Å². The molecule has 0 aromatic heterocycles. The molecular weight excluding hydrogens is 368 g/mol. The van der Waals surface area contributed by atoms with E-state index < -0.39 is 0 Å². The van der Waals surface area contributed by atoms with E-state index >= 15 is 0 Å². The van der Waals surface area contributed by atoms with Crippen LogP contribution in [0.1, 0.15) is 105 Å². The third-order valence-corrected chi connectivity index (χ3v) is 5.62. The Kier molecular flexibility index (Phi) is 6.18. The number of hydrogen-bond donors (Lipinski definition) is 1. The van der Waals surface area contributed by atoms with Gasteiger partial charge in [-0.2, -0.15) is 0 Å². The summed E-state index contributed by atoms with van der Waals surface area (Å²) < 4.78 is 6.46. The van der Waals surface area contributed by atoms with Crippen molar-refractivity contribution in [3.63, 3.8) is 0 Å². The zero-order valence-electron chi connectivity index (χ0n) is 21.2. The summed E-state index contributed by atoms with van der Waals surface area (Å²) in [5.74, 6) is 1.56. The van der Waals surface area contributed by atoms with Crippen molar-refractivity contribution in [2.45, 2.75) is 105 Å². The van der Waals surface area contributed by atoms with Gasteiger partial charge in [0.25, 0.3) is 0 Å². The maximum Gasteiger partial charge on any atom is 0.169 e.